The molecule has 1 aliphatic carbocycles. The maximum atomic E-state index is 11.1. The van der Waals surface area contributed by atoms with Crippen LogP contribution in [0.25, 0.3) is 0 Å². The van der Waals surface area contributed by atoms with Gasteiger partial charge < -0.3 is 15.4 Å². The molecule has 7 heteroatoms. The van der Waals surface area contributed by atoms with Crippen molar-refractivity contribution in [2.45, 2.75) is 30.7 Å². The number of rotatable bonds is 5. The van der Waals surface area contributed by atoms with Crippen molar-refractivity contribution in [3.05, 3.63) is 11.1 Å². The minimum Gasteiger partial charge on any atom is -0.345 e. The Morgan fingerprint density at radius 3 is 2.95 bits per heavy atom. The molecule has 6 nitrogen and oxygen atoms in total. The first kappa shape index (κ1) is 13.9. The third-order valence-electron chi connectivity index (χ3n) is 4.21. The molecule has 0 bridgehead atoms. The van der Waals surface area contributed by atoms with Gasteiger partial charge in [-0.3, -0.25) is 9.69 Å². The quantitative estimate of drug-likeness (QED) is 0.792. The number of hydrogen-bond acceptors (Lipinski definition) is 7. The Morgan fingerprint density at radius 1 is 1.65 bits per heavy atom. The number of carbonyl (C=O) groups excluding carboxylic acids is 1. The molecule has 2 aliphatic rings. The van der Waals surface area contributed by atoms with Gasteiger partial charge >= 0.3 is 0 Å². The van der Waals surface area contributed by atoms with Crippen LogP contribution in [0.1, 0.15) is 18.5 Å². The monoisotopic (exact) mass is 296 g/mol. The van der Waals surface area contributed by atoms with Gasteiger partial charge in [0.2, 0.25) is 0 Å². The zero-order valence-electron chi connectivity index (χ0n) is 11.8. The maximum absolute atomic E-state index is 11.1. The number of nitrogens with two attached hydrogens (primary N) is 1. The predicted molar refractivity (Wildman–Crippen MR) is 77.8 cm³/mol. The number of carbonyl (C=O) groups is 1. The summed E-state index contributed by atoms with van der Waals surface area (Å²) < 4.78 is 5.57. The van der Waals surface area contributed by atoms with E-state index < -0.39 is 6.23 Å². The number of ether oxygens (including phenoxy) is 1. The Labute approximate surface area is 122 Å². The Bertz CT molecular complexity index is 500. The number of aromatic nitrogens is 1. The summed E-state index contributed by atoms with van der Waals surface area (Å²) in [6.07, 6.45) is 2.44. The lowest BCUT2D eigenvalue weighted by molar-refractivity contribution is -0.117. The van der Waals surface area contributed by atoms with Gasteiger partial charge in [-0.05, 0) is 26.9 Å². The Morgan fingerprint density at radius 2 is 2.40 bits per heavy atom. The van der Waals surface area contributed by atoms with Crippen LogP contribution < -0.4 is 10.6 Å². The highest BCUT2D eigenvalue weighted by Crippen LogP contribution is 2.50. The molecule has 1 aromatic rings. The lowest BCUT2D eigenvalue weighted by atomic mass is 10.2. The van der Waals surface area contributed by atoms with Gasteiger partial charge in [-0.2, -0.15) is 0 Å². The van der Waals surface area contributed by atoms with Gasteiger partial charge in [0, 0.05) is 11.9 Å². The molecule has 110 valence electrons. The molecule has 0 radical (unpaired) electrons. The van der Waals surface area contributed by atoms with Crippen LogP contribution in [0.4, 0.5) is 5.13 Å². The maximum Gasteiger partial charge on any atom is 0.189 e. The van der Waals surface area contributed by atoms with E-state index in [-0.39, 0.29) is 11.6 Å². The largest absolute Gasteiger partial charge is 0.345 e. The summed E-state index contributed by atoms with van der Waals surface area (Å²) in [5, 5.41) is 2.95. The van der Waals surface area contributed by atoms with E-state index in [4.69, 9.17) is 15.5 Å². The third kappa shape index (κ3) is 2.14. The van der Waals surface area contributed by atoms with Gasteiger partial charge in [-0.25, -0.2) is 4.98 Å². The molecule has 2 fully saturated rings. The minimum absolute atomic E-state index is 0.0960. The van der Waals surface area contributed by atoms with Gasteiger partial charge in [-0.15, -0.1) is 11.3 Å². The van der Waals surface area contributed by atoms with E-state index >= 15 is 0 Å². The summed E-state index contributed by atoms with van der Waals surface area (Å²) in [4.78, 5) is 20.0. The average Bonchev–Trinajstić information content (AvgIpc) is 2.95. The highest BCUT2D eigenvalue weighted by molar-refractivity contribution is 7.13. The van der Waals surface area contributed by atoms with E-state index in [0.29, 0.717) is 13.1 Å². The highest BCUT2D eigenvalue weighted by Gasteiger charge is 2.48. The fourth-order valence-corrected chi connectivity index (χ4v) is 3.67. The lowest BCUT2D eigenvalue weighted by Crippen LogP contribution is -2.32. The normalized spacial score (nSPS) is 28.1. The van der Waals surface area contributed by atoms with Crippen molar-refractivity contribution in [3.8, 4) is 0 Å². The number of thiazole rings is 1. The first-order chi connectivity index (χ1) is 9.60. The number of hydrogen-bond donors (Lipinski definition) is 1. The second-order valence-corrected chi connectivity index (χ2v) is 6.45. The van der Waals surface area contributed by atoms with Crippen LogP contribution in [0.3, 0.4) is 0 Å². The Balaban J connectivity index is 1.82. The summed E-state index contributed by atoms with van der Waals surface area (Å²) in [6.45, 7) is 1.04. The molecule has 1 saturated carbocycles. The van der Waals surface area contributed by atoms with Crippen molar-refractivity contribution in [1.29, 1.82) is 0 Å². The summed E-state index contributed by atoms with van der Waals surface area (Å²) >= 11 is 1.57. The zero-order valence-corrected chi connectivity index (χ0v) is 12.6. The standard InChI is InChI=1S/C13H20N4O2S/c1-16(2)13(3-4-13)10-8-20-12(15-10)17-6-9(5-14)19-11(17)7-18/h7-9,11H,3-6,14H2,1-2H3/t9-,11?/m0/s1. The molecule has 1 aromatic heterocycles. The molecular weight excluding hydrogens is 276 g/mol. The first-order valence-corrected chi connectivity index (χ1v) is 7.69. The molecule has 2 N–H and O–H groups in total. The van der Waals surface area contributed by atoms with E-state index in [1.54, 1.807) is 11.3 Å². The van der Waals surface area contributed by atoms with Crippen LogP contribution in [0, 0.1) is 0 Å². The van der Waals surface area contributed by atoms with Gasteiger partial charge in [0.1, 0.15) is 0 Å². The number of anilines is 1. The molecule has 0 spiro atoms. The van der Waals surface area contributed by atoms with Crippen LogP contribution in [-0.2, 0) is 15.1 Å². The summed E-state index contributed by atoms with van der Waals surface area (Å²) in [7, 11) is 4.17. The predicted octanol–water partition coefficient (Wildman–Crippen LogP) is 0.383. The molecule has 0 aromatic carbocycles. The van der Waals surface area contributed by atoms with E-state index in [9.17, 15) is 4.79 Å². The highest BCUT2D eigenvalue weighted by atomic mass is 32.1. The van der Waals surface area contributed by atoms with E-state index in [1.807, 2.05) is 4.90 Å². The van der Waals surface area contributed by atoms with E-state index in [2.05, 4.69) is 24.4 Å². The topological polar surface area (TPSA) is 71.7 Å². The van der Waals surface area contributed by atoms with Crippen molar-refractivity contribution in [2.75, 3.05) is 32.1 Å². The van der Waals surface area contributed by atoms with Crippen LogP contribution in [0.15, 0.2) is 5.38 Å². The Hall–Kier alpha value is -1.02. The van der Waals surface area contributed by atoms with Crippen LogP contribution in [0.5, 0.6) is 0 Å². The number of aldehydes is 1. The van der Waals surface area contributed by atoms with Gasteiger partial charge in [-0.1, -0.05) is 0 Å². The van der Waals surface area contributed by atoms with Crippen molar-refractivity contribution in [3.63, 3.8) is 0 Å². The molecule has 1 saturated heterocycles. The first-order valence-electron chi connectivity index (χ1n) is 6.81. The fraction of sp³-hybridized carbons (Fsp3) is 0.692. The second-order valence-electron chi connectivity index (χ2n) is 5.61. The SMILES string of the molecule is CN(C)C1(c2csc(N3C[C@H](CN)OC3C=O)n2)CC1. The molecule has 1 unspecified atom stereocenters. The van der Waals surface area contributed by atoms with Crippen LogP contribution in [-0.4, -0.2) is 55.7 Å². The number of nitrogens with zero attached hydrogens (tertiary/aromatic N) is 3. The second kappa shape index (κ2) is 5.07. The summed E-state index contributed by atoms with van der Waals surface area (Å²) in [6, 6.07) is 0. The molecule has 0 amide bonds. The van der Waals surface area contributed by atoms with Crippen molar-refractivity contribution in [2.24, 2.45) is 5.73 Å². The zero-order chi connectivity index (χ0) is 14.3. The third-order valence-corrected chi connectivity index (χ3v) is 5.09. The molecular formula is C13H20N4O2S. The Kier molecular flexibility index (Phi) is 3.53. The minimum atomic E-state index is -0.558. The molecule has 20 heavy (non-hydrogen) atoms. The van der Waals surface area contributed by atoms with Gasteiger partial charge in [0.05, 0.1) is 23.9 Å². The summed E-state index contributed by atoms with van der Waals surface area (Å²) in [5.41, 5.74) is 6.82. The summed E-state index contributed by atoms with van der Waals surface area (Å²) in [5.74, 6) is 0. The molecule has 2 heterocycles. The van der Waals surface area contributed by atoms with Crippen molar-refractivity contribution >= 4 is 22.8 Å². The molecule has 2 atom stereocenters. The lowest BCUT2D eigenvalue weighted by Gasteiger charge is -2.22. The van der Waals surface area contributed by atoms with E-state index in [0.717, 1.165) is 30.0 Å². The van der Waals surface area contributed by atoms with Crippen LogP contribution in [0.2, 0.25) is 0 Å². The van der Waals surface area contributed by atoms with Crippen molar-refractivity contribution in [1.82, 2.24) is 9.88 Å². The average molecular weight is 296 g/mol. The fourth-order valence-electron chi connectivity index (χ4n) is 2.72. The van der Waals surface area contributed by atoms with Crippen LogP contribution >= 0.6 is 11.3 Å². The molecule has 3 rings (SSSR count). The molecule has 1 aliphatic heterocycles. The van der Waals surface area contributed by atoms with Gasteiger partial charge in [0.15, 0.2) is 17.6 Å². The van der Waals surface area contributed by atoms with E-state index in [1.165, 1.54) is 0 Å². The smallest absolute Gasteiger partial charge is 0.189 e. The van der Waals surface area contributed by atoms with Gasteiger partial charge in [0.25, 0.3) is 0 Å². The van der Waals surface area contributed by atoms with Crippen molar-refractivity contribution < 1.29 is 9.53 Å².